The molecule has 1 amide bonds. The molecule has 29 heavy (non-hydrogen) atoms. The second-order valence-electron chi connectivity index (χ2n) is 6.42. The van der Waals surface area contributed by atoms with Crippen LogP contribution in [0.25, 0.3) is 0 Å². The Morgan fingerprint density at radius 1 is 1.14 bits per heavy atom. The van der Waals surface area contributed by atoms with Gasteiger partial charge in [0.15, 0.2) is 0 Å². The number of ether oxygens (including phenoxy) is 1. The Hall–Kier alpha value is -2.75. The van der Waals surface area contributed by atoms with E-state index < -0.39 is 27.7 Å². The van der Waals surface area contributed by atoms with Crippen molar-refractivity contribution in [3.63, 3.8) is 0 Å². The highest BCUT2D eigenvalue weighted by atomic mass is 32.2. The SMILES string of the molecule is O=C(NCCOc1cccc(C(F)(F)F)c1)c1ccc(N2CCCS2(=O)=O)cc1. The van der Waals surface area contributed by atoms with Crippen molar-refractivity contribution in [2.24, 2.45) is 0 Å². The van der Waals surface area contributed by atoms with E-state index >= 15 is 0 Å². The van der Waals surface area contributed by atoms with Crippen molar-refractivity contribution in [3.8, 4) is 5.75 Å². The molecule has 2 aromatic carbocycles. The number of hydrogen-bond donors (Lipinski definition) is 1. The smallest absolute Gasteiger partial charge is 0.416 e. The van der Waals surface area contributed by atoms with Gasteiger partial charge in [0, 0.05) is 12.1 Å². The first kappa shape index (κ1) is 21.0. The molecule has 0 bridgehead atoms. The molecule has 0 aliphatic carbocycles. The minimum absolute atomic E-state index is 0.00282. The van der Waals surface area contributed by atoms with E-state index in [1.165, 1.54) is 28.6 Å². The van der Waals surface area contributed by atoms with Crippen LogP contribution in [0.2, 0.25) is 0 Å². The van der Waals surface area contributed by atoms with Gasteiger partial charge in [-0.05, 0) is 48.9 Å². The van der Waals surface area contributed by atoms with E-state index in [4.69, 9.17) is 4.74 Å². The lowest BCUT2D eigenvalue weighted by Crippen LogP contribution is -2.28. The fourth-order valence-electron chi connectivity index (χ4n) is 2.91. The summed E-state index contributed by atoms with van der Waals surface area (Å²) in [5, 5.41) is 2.60. The summed E-state index contributed by atoms with van der Waals surface area (Å²) >= 11 is 0. The minimum atomic E-state index is -4.45. The van der Waals surface area contributed by atoms with Gasteiger partial charge in [-0.3, -0.25) is 9.10 Å². The first-order valence-electron chi connectivity index (χ1n) is 8.85. The maximum absolute atomic E-state index is 12.7. The predicted molar refractivity (Wildman–Crippen MR) is 101 cm³/mol. The van der Waals surface area contributed by atoms with Crippen LogP contribution in [0.4, 0.5) is 18.9 Å². The summed E-state index contributed by atoms with van der Waals surface area (Å²) in [7, 11) is -3.28. The molecule has 1 saturated heterocycles. The standard InChI is InChI=1S/C19H19F3N2O4S/c20-19(21,22)15-3-1-4-17(13-15)28-11-9-23-18(25)14-5-7-16(8-6-14)24-10-2-12-29(24,26)27/h1,3-8,13H,2,9-12H2,(H,23,25). The highest BCUT2D eigenvalue weighted by Crippen LogP contribution is 2.31. The van der Waals surface area contributed by atoms with Gasteiger partial charge in [-0.15, -0.1) is 0 Å². The maximum atomic E-state index is 12.7. The molecular formula is C19H19F3N2O4S. The molecule has 0 aromatic heterocycles. The molecule has 3 rings (SSSR count). The Morgan fingerprint density at radius 3 is 2.48 bits per heavy atom. The summed E-state index contributed by atoms with van der Waals surface area (Å²) in [4.78, 5) is 12.2. The highest BCUT2D eigenvalue weighted by molar-refractivity contribution is 7.93. The molecule has 1 heterocycles. The van der Waals surface area contributed by atoms with Crippen LogP contribution >= 0.6 is 0 Å². The van der Waals surface area contributed by atoms with Crippen molar-refractivity contribution < 1.29 is 31.1 Å². The third-order valence-electron chi connectivity index (χ3n) is 4.33. The fourth-order valence-corrected chi connectivity index (χ4v) is 4.47. The first-order chi connectivity index (χ1) is 13.7. The molecule has 0 radical (unpaired) electrons. The van der Waals surface area contributed by atoms with Crippen molar-refractivity contribution in [3.05, 3.63) is 59.7 Å². The Labute approximate surface area is 166 Å². The minimum Gasteiger partial charge on any atom is -0.492 e. The normalized spacial score (nSPS) is 15.9. The topological polar surface area (TPSA) is 75.7 Å². The van der Waals surface area contributed by atoms with Crippen molar-refractivity contribution in [2.45, 2.75) is 12.6 Å². The van der Waals surface area contributed by atoms with Crippen LogP contribution in [-0.2, 0) is 16.2 Å². The molecule has 0 unspecified atom stereocenters. The van der Waals surface area contributed by atoms with Crippen LogP contribution in [0.15, 0.2) is 48.5 Å². The van der Waals surface area contributed by atoms with Gasteiger partial charge >= 0.3 is 6.18 Å². The maximum Gasteiger partial charge on any atom is 0.416 e. The van der Waals surface area contributed by atoms with Crippen LogP contribution in [-0.4, -0.2) is 39.8 Å². The molecule has 1 fully saturated rings. The molecule has 0 spiro atoms. The highest BCUT2D eigenvalue weighted by Gasteiger charge is 2.30. The van der Waals surface area contributed by atoms with E-state index in [0.717, 1.165) is 12.1 Å². The number of sulfonamides is 1. The lowest BCUT2D eigenvalue weighted by molar-refractivity contribution is -0.137. The molecule has 6 nitrogen and oxygen atoms in total. The number of amides is 1. The van der Waals surface area contributed by atoms with E-state index in [0.29, 0.717) is 24.2 Å². The monoisotopic (exact) mass is 428 g/mol. The zero-order valence-corrected chi connectivity index (χ0v) is 16.1. The van der Waals surface area contributed by atoms with Crippen molar-refractivity contribution in [2.75, 3.05) is 29.8 Å². The van der Waals surface area contributed by atoms with Crippen LogP contribution in [0.1, 0.15) is 22.3 Å². The molecule has 1 aliphatic rings. The number of alkyl halides is 3. The lowest BCUT2D eigenvalue weighted by Gasteiger charge is -2.17. The van der Waals surface area contributed by atoms with Crippen molar-refractivity contribution in [1.82, 2.24) is 5.32 Å². The van der Waals surface area contributed by atoms with E-state index in [9.17, 15) is 26.4 Å². The van der Waals surface area contributed by atoms with Crippen LogP contribution in [0.3, 0.4) is 0 Å². The molecule has 2 aromatic rings. The van der Waals surface area contributed by atoms with E-state index in [1.807, 2.05) is 0 Å². The Kier molecular flexibility index (Phi) is 6.02. The quantitative estimate of drug-likeness (QED) is 0.718. The molecule has 10 heteroatoms. The molecular weight excluding hydrogens is 409 g/mol. The van der Waals surface area contributed by atoms with Gasteiger partial charge in [0.05, 0.1) is 23.5 Å². The lowest BCUT2D eigenvalue weighted by atomic mass is 10.2. The largest absolute Gasteiger partial charge is 0.492 e. The van der Waals surface area contributed by atoms with Gasteiger partial charge in [0.1, 0.15) is 12.4 Å². The number of hydrogen-bond acceptors (Lipinski definition) is 4. The third-order valence-corrected chi connectivity index (χ3v) is 6.20. The van der Waals surface area contributed by atoms with E-state index in [-0.39, 0.29) is 24.7 Å². The number of nitrogens with zero attached hydrogens (tertiary/aromatic N) is 1. The summed E-state index contributed by atoms with van der Waals surface area (Å²) in [5.74, 6) is -0.222. The van der Waals surface area contributed by atoms with Gasteiger partial charge in [0.2, 0.25) is 10.0 Å². The van der Waals surface area contributed by atoms with Crippen LogP contribution in [0.5, 0.6) is 5.75 Å². The van der Waals surface area contributed by atoms with Gasteiger partial charge < -0.3 is 10.1 Å². The molecule has 1 aliphatic heterocycles. The van der Waals surface area contributed by atoms with Crippen molar-refractivity contribution >= 4 is 21.6 Å². The number of nitrogens with one attached hydrogen (secondary N) is 1. The fraction of sp³-hybridized carbons (Fsp3) is 0.316. The first-order valence-corrected chi connectivity index (χ1v) is 10.5. The second-order valence-corrected chi connectivity index (χ2v) is 8.43. The third kappa shape index (κ3) is 5.20. The van der Waals surface area contributed by atoms with Crippen LogP contribution < -0.4 is 14.4 Å². The predicted octanol–water partition coefficient (Wildman–Crippen LogP) is 3.05. The summed E-state index contributed by atoms with van der Waals surface area (Å²) in [6.45, 7) is 0.509. The Morgan fingerprint density at radius 2 is 1.86 bits per heavy atom. The number of anilines is 1. The zero-order chi connectivity index (χ0) is 21.1. The number of rotatable bonds is 6. The van der Waals surface area contributed by atoms with Crippen molar-refractivity contribution in [1.29, 1.82) is 0 Å². The number of halogens is 3. The average molecular weight is 428 g/mol. The molecule has 0 saturated carbocycles. The number of carbonyl (C=O) groups is 1. The average Bonchev–Trinajstić information content (AvgIpc) is 3.04. The number of benzene rings is 2. The second kappa shape index (κ2) is 8.32. The summed E-state index contributed by atoms with van der Waals surface area (Å²) in [6, 6.07) is 10.7. The molecule has 0 atom stereocenters. The molecule has 1 N–H and O–H groups in total. The van der Waals surface area contributed by atoms with Crippen LogP contribution in [0, 0.1) is 0 Å². The summed E-state index contributed by atoms with van der Waals surface area (Å²) in [6.07, 6.45) is -3.88. The summed E-state index contributed by atoms with van der Waals surface area (Å²) < 4.78 is 68.4. The zero-order valence-electron chi connectivity index (χ0n) is 15.3. The van der Waals surface area contributed by atoms with Gasteiger partial charge in [-0.25, -0.2) is 8.42 Å². The van der Waals surface area contributed by atoms with Gasteiger partial charge in [0.25, 0.3) is 5.91 Å². The Bertz CT molecular complexity index is 976. The van der Waals surface area contributed by atoms with E-state index in [2.05, 4.69) is 5.32 Å². The van der Waals surface area contributed by atoms with Gasteiger partial charge in [-0.2, -0.15) is 13.2 Å². The number of carbonyl (C=O) groups excluding carboxylic acids is 1. The summed E-state index contributed by atoms with van der Waals surface area (Å²) in [5.41, 5.74) is 0.0375. The van der Waals surface area contributed by atoms with Gasteiger partial charge in [-0.1, -0.05) is 6.07 Å². The van der Waals surface area contributed by atoms with E-state index in [1.54, 1.807) is 12.1 Å². The molecule has 156 valence electrons. The Balaban J connectivity index is 1.50.